The van der Waals surface area contributed by atoms with Gasteiger partial charge in [0.2, 0.25) is 0 Å². The minimum absolute atomic E-state index is 0.0733. The molecule has 0 heterocycles. The molecule has 0 bridgehead atoms. The summed E-state index contributed by atoms with van der Waals surface area (Å²) in [5.74, 6) is 0. The van der Waals surface area contributed by atoms with Gasteiger partial charge < -0.3 is 5.73 Å². The Bertz CT molecular complexity index is 764. The van der Waals surface area contributed by atoms with Gasteiger partial charge in [0, 0.05) is 5.69 Å². The van der Waals surface area contributed by atoms with Crippen LogP contribution in [0.15, 0.2) is 48.5 Å². The highest BCUT2D eigenvalue weighted by molar-refractivity contribution is 5.99. The first-order valence-electron chi connectivity index (χ1n) is 6.68. The lowest BCUT2D eigenvalue weighted by molar-refractivity contribution is 0.593. The maximum Gasteiger partial charge on any atom is 0.0358 e. The number of hydrogen-bond acceptors (Lipinski definition) is 1. The average molecular weight is 249 g/mol. The van der Waals surface area contributed by atoms with E-state index in [0.29, 0.717) is 0 Å². The van der Waals surface area contributed by atoms with Gasteiger partial charge in [0.25, 0.3) is 0 Å². The molecule has 2 N–H and O–H groups in total. The van der Waals surface area contributed by atoms with E-state index >= 15 is 0 Å². The molecular weight excluding hydrogens is 230 g/mol. The second kappa shape index (κ2) is 3.99. The van der Waals surface area contributed by atoms with E-state index in [0.717, 1.165) is 5.69 Å². The van der Waals surface area contributed by atoms with E-state index < -0.39 is 0 Å². The summed E-state index contributed by atoms with van der Waals surface area (Å²) in [6, 6.07) is 17.2. The van der Waals surface area contributed by atoms with E-state index in [9.17, 15) is 0 Å². The highest BCUT2D eigenvalue weighted by Gasteiger charge is 2.17. The zero-order valence-corrected chi connectivity index (χ0v) is 11.7. The highest BCUT2D eigenvalue weighted by atomic mass is 14.6. The minimum Gasteiger partial charge on any atom is -0.398 e. The van der Waals surface area contributed by atoms with E-state index in [1.165, 1.54) is 27.1 Å². The van der Waals surface area contributed by atoms with Gasteiger partial charge in [-0.3, -0.25) is 0 Å². The van der Waals surface area contributed by atoms with Gasteiger partial charge in [-0.2, -0.15) is 0 Å². The van der Waals surface area contributed by atoms with Gasteiger partial charge in [-0.1, -0.05) is 45.0 Å². The summed E-state index contributed by atoms with van der Waals surface area (Å²) in [7, 11) is 0. The number of benzene rings is 3. The Morgan fingerprint density at radius 2 is 1.26 bits per heavy atom. The lowest BCUT2D eigenvalue weighted by Gasteiger charge is -2.22. The van der Waals surface area contributed by atoms with Crippen molar-refractivity contribution in [3.63, 3.8) is 0 Å². The quantitative estimate of drug-likeness (QED) is 0.446. The summed E-state index contributed by atoms with van der Waals surface area (Å²) < 4.78 is 0. The van der Waals surface area contributed by atoms with Crippen LogP contribution in [0.2, 0.25) is 0 Å². The van der Waals surface area contributed by atoms with E-state index in [1.54, 1.807) is 0 Å². The molecule has 0 atom stereocenters. The molecule has 0 amide bonds. The zero-order valence-electron chi connectivity index (χ0n) is 11.7. The molecule has 3 aromatic rings. The third kappa shape index (κ3) is 2.06. The molecule has 96 valence electrons. The van der Waals surface area contributed by atoms with Crippen LogP contribution >= 0.6 is 0 Å². The van der Waals surface area contributed by atoms with Gasteiger partial charge in [-0.25, -0.2) is 0 Å². The summed E-state index contributed by atoms with van der Waals surface area (Å²) in [5, 5.41) is 5.01. The summed E-state index contributed by atoms with van der Waals surface area (Å²) in [6.45, 7) is 6.60. The maximum absolute atomic E-state index is 6.22. The number of anilines is 1. The fourth-order valence-corrected chi connectivity index (χ4v) is 2.66. The molecule has 3 rings (SSSR count). The van der Waals surface area contributed by atoms with E-state index in [-0.39, 0.29) is 5.41 Å². The van der Waals surface area contributed by atoms with Gasteiger partial charge in [0.1, 0.15) is 0 Å². The molecule has 0 spiro atoms. The third-order valence-electron chi connectivity index (χ3n) is 3.68. The second-order valence-corrected chi connectivity index (χ2v) is 6.24. The van der Waals surface area contributed by atoms with E-state index in [1.807, 2.05) is 0 Å². The molecule has 0 aliphatic rings. The van der Waals surface area contributed by atoms with Crippen LogP contribution in [0.4, 0.5) is 5.69 Å². The standard InChI is InChI=1S/C18H19N/c1-18(2,3)16-10-14-8-12-6-4-5-7-13(12)9-15(14)11-17(16)19/h4-11H,19H2,1-3H3. The fraction of sp³-hybridized carbons (Fsp3) is 0.222. The number of nitrogens with two attached hydrogens (primary N) is 1. The molecule has 0 saturated heterocycles. The summed E-state index contributed by atoms with van der Waals surface area (Å²) in [6.07, 6.45) is 0. The Morgan fingerprint density at radius 1 is 0.737 bits per heavy atom. The lowest BCUT2D eigenvalue weighted by Crippen LogP contribution is -2.13. The Hall–Kier alpha value is -2.02. The molecule has 0 aliphatic carbocycles. The molecule has 0 unspecified atom stereocenters. The Morgan fingerprint density at radius 3 is 1.79 bits per heavy atom. The number of nitrogen functional groups attached to an aromatic ring is 1. The van der Waals surface area contributed by atoms with Gasteiger partial charge >= 0.3 is 0 Å². The van der Waals surface area contributed by atoms with Gasteiger partial charge in [0.15, 0.2) is 0 Å². The average Bonchev–Trinajstić information content (AvgIpc) is 2.34. The first-order valence-corrected chi connectivity index (χ1v) is 6.68. The minimum atomic E-state index is 0.0733. The largest absolute Gasteiger partial charge is 0.398 e. The van der Waals surface area contributed by atoms with Crippen LogP contribution in [0, 0.1) is 0 Å². The third-order valence-corrected chi connectivity index (χ3v) is 3.68. The van der Waals surface area contributed by atoms with Crippen LogP contribution in [0.1, 0.15) is 26.3 Å². The zero-order chi connectivity index (χ0) is 13.6. The van der Waals surface area contributed by atoms with Crippen molar-refractivity contribution in [1.29, 1.82) is 0 Å². The van der Waals surface area contributed by atoms with Crippen LogP contribution in [0.5, 0.6) is 0 Å². The highest BCUT2D eigenvalue weighted by Crippen LogP contribution is 2.33. The topological polar surface area (TPSA) is 26.0 Å². The molecule has 0 saturated carbocycles. The first-order chi connectivity index (χ1) is 8.95. The molecular formula is C18H19N. The number of fused-ring (bicyclic) bond motifs is 2. The van der Waals surface area contributed by atoms with Crippen LogP contribution in [-0.4, -0.2) is 0 Å². The van der Waals surface area contributed by atoms with Gasteiger partial charge in [-0.15, -0.1) is 0 Å². The molecule has 0 aliphatic heterocycles. The summed E-state index contributed by atoms with van der Waals surface area (Å²) in [5.41, 5.74) is 8.39. The first kappa shape index (κ1) is 12.0. The van der Waals surface area contributed by atoms with Crippen molar-refractivity contribution in [2.45, 2.75) is 26.2 Å². The van der Waals surface area contributed by atoms with Crippen molar-refractivity contribution < 1.29 is 0 Å². The Kier molecular flexibility index (Phi) is 2.53. The van der Waals surface area contributed by atoms with Crippen LogP contribution in [0.25, 0.3) is 21.5 Å². The maximum atomic E-state index is 6.22. The second-order valence-electron chi connectivity index (χ2n) is 6.24. The van der Waals surface area contributed by atoms with Crippen molar-refractivity contribution in [2.24, 2.45) is 0 Å². The molecule has 1 nitrogen and oxygen atoms in total. The smallest absolute Gasteiger partial charge is 0.0358 e. The normalized spacial score (nSPS) is 12.2. The predicted molar refractivity (Wildman–Crippen MR) is 84.6 cm³/mol. The molecule has 1 heteroatoms. The van der Waals surface area contributed by atoms with Crippen molar-refractivity contribution in [3.05, 3.63) is 54.1 Å². The Labute approximate surface area is 114 Å². The predicted octanol–water partition coefficient (Wildman–Crippen LogP) is 4.87. The molecule has 0 fully saturated rings. The van der Waals surface area contributed by atoms with Crippen LogP contribution < -0.4 is 5.73 Å². The summed E-state index contributed by atoms with van der Waals surface area (Å²) in [4.78, 5) is 0. The van der Waals surface area contributed by atoms with Gasteiger partial charge in [0.05, 0.1) is 0 Å². The number of hydrogen-bond donors (Lipinski definition) is 1. The van der Waals surface area contributed by atoms with Crippen molar-refractivity contribution in [3.8, 4) is 0 Å². The van der Waals surface area contributed by atoms with E-state index in [2.05, 4.69) is 69.3 Å². The van der Waals surface area contributed by atoms with Crippen LogP contribution in [-0.2, 0) is 5.41 Å². The van der Waals surface area contributed by atoms with Gasteiger partial charge in [-0.05, 0) is 56.8 Å². The fourth-order valence-electron chi connectivity index (χ4n) is 2.66. The molecule has 0 aromatic heterocycles. The molecule has 19 heavy (non-hydrogen) atoms. The van der Waals surface area contributed by atoms with E-state index in [4.69, 9.17) is 5.73 Å². The Balaban J connectivity index is 2.36. The van der Waals surface area contributed by atoms with Crippen LogP contribution in [0.3, 0.4) is 0 Å². The lowest BCUT2D eigenvalue weighted by atomic mass is 9.84. The SMILES string of the molecule is CC(C)(C)c1cc2cc3ccccc3cc2cc1N. The van der Waals surface area contributed by atoms with Crippen molar-refractivity contribution in [2.75, 3.05) is 5.73 Å². The van der Waals surface area contributed by atoms with Crippen molar-refractivity contribution >= 4 is 27.2 Å². The number of rotatable bonds is 0. The summed E-state index contributed by atoms with van der Waals surface area (Å²) >= 11 is 0. The molecule has 3 aromatic carbocycles. The van der Waals surface area contributed by atoms with Crippen molar-refractivity contribution in [1.82, 2.24) is 0 Å². The molecule has 0 radical (unpaired) electrons. The monoisotopic (exact) mass is 249 g/mol.